The maximum absolute atomic E-state index is 12.3. The van der Waals surface area contributed by atoms with Crippen LogP contribution in [0.4, 0.5) is 10.6 Å². The molecule has 2 aromatic rings. The van der Waals surface area contributed by atoms with Gasteiger partial charge in [-0.25, -0.2) is 4.79 Å². The van der Waals surface area contributed by atoms with Crippen LogP contribution in [0.3, 0.4) is 0 Å². The maximum Gasteiger partial charge on any atom is 0.315 e. The Hall–Kier alpha value is -2.38. The lowest BCUT2D eigenvalue weighted by Crippen LogP contribution is -2.52. The number of fused-ring (bicyclic) bond motifs is 1. The zero-order valence-electron chi connectivity index (χ0n) is 15.6. The highest BCUT2D eigenvalue weighted by molar-refractivity contribution is 5.74. The zero-order chi connectivity index (χ0) is 18.2. The van der Waals surface area contributed by atoms with E-state index in [4.69, 9.17) is 5.10 Å². The number of urea groups is 1. The first-order valence-corrected chi connectivity index (χ1v) is 10.3. The molecule has 0 aromatic carbocycles. The first kappa shape index (κ1) is 16.8. The molecule has 1 unspecified atom stereocenters. The fourth-order valence-corrected chi connectivity index (χ4v) is 4.35. The van der Waals surface area contributed by atoms with Gasteiger partial charge >= 0.3 is 6.03 Å². The second kappa shape index (κ2) is 6.98. The van der Waals surface area contributed by atoms with Gasteiger partial charge in [0.25, 0.3) is 0 Å². The molecule has 1 atom stereocenters. The van der Waals surface area contributed by atoms with Gasteiger partial charge < -0.3 is 15.5 Å². The van der Waals surface area contributed by atoms with Gasteiger partial charge in [0.2, 0.25) is 0 Å². The molecule has 2 amide bonds. The molecule has 1 saturated heterocycles. The number of carbonyl (C=O) groups is 1. The number of piperidine rings is 1. The summed E-state index contributed by atoms with van der Waals surface area (Å²) >= 11 is 0. The van der Waals surface area contributed by atoms with E-state index in [1.165, 1.54) is 25.7 Å². The Morgan fingerprint density at radius 1 is 0.963 bits per heavy atom. The molecule has 5 rings (SSSR count). The van der Waals surface area contributed by atoms with E-state index in [9.17, 15) is 4.79 Å². The van der Waals surface area contributed by atoms with E-state index >= 15 is 0 Å². The zero-order valence-corrected chi connectivity index (χ0v) is 15.6. The summed E-state index contributed by atoms with van der Waals surface area (Å²) in [5.41, 5.74) is 0.809. The van der Waals surface area contributed by atoms with Gasteiger partial charge in [0.1, 0.15) is 5.82 Å². The molecule has 27 heavy (non-hydrogen) atoms. The lowest BCUT2D eigenvalue weighted by Gasteiger charge is -2.34. The van der Waals surface area contributed by atoms with Crippen molar-refractivity contribution in [3.63, 3.8) is 0 Å². The first-order valence-electron chi connectivity index (χ1n) is 10.3. The van der Waals surface area contributed by atoms with Crippen LogP contribution in [0.5, 0.6) is 0 Å². The summed E-state index contributed by atoms with van der Waals surface area (Å²) in [6.45, 7) is 1.75. The monoisotopic (exact) mass is 369 g/mol. The number of aromatic nitrogens is 4. The Bertz CT molecular complexity index is 825. The lowest BCUT2D eigenvalue weighted by atomic mass is 10.1. The Morgan fingerprint density at radius 2 is 1.74 bits per heavy atom. The van der Waals surface area contributed by atoms with Gasteiger partial charge in [0.15, 0.2) is 11.5 Å². The van der Waals surface area contributed by atoms with E-state index in [1.807, 2.05) is 16.6 Å². The lowest BCUT2D eigenvalue weighted by molar-refractivity contribution is 0.231. The molecule has 8 nitrogen and oxygen atoms in total. The molecular formula is C19H27N7O. The fourth-order valence-electron chi connectivity index (χ4n) is 4.35. The molecule has 8 heteroatoms. The summed E-state index contributed by atoms with van der Waals surface area (Å²) in [5.74, 6) is 2.43. The summed E-state index contributed by atoms with van der Waals surface area (Å²) in [4.78, 5) is 14.6. The third kappa shape index (κ3) is 3.57. The van der Waals surface area contributed by atoms with Crippen molar-refractivity contribution in [1.82, 2.24) is 30.4 Å². The summed E-state index contributed by atoms with van der Waals surface area (Å²) in [6.07, 6.45) is 9.08. The van der Waals surface area contributed by atoms with E-state index in [0.717, 1.165) is 56.1 Å². The molecule has 3 fully saturated rings. The number of hydrogen-bond acceptors (Lipinski definition) is 5. The predicted molar refractivity (Wildman–Crippen MR) is 102 cm³/mol. The smallest absolute Gasteiger partial charge is 0.315 e. The van der Waals surface area contributed by atoms with Crippen molar-refractivity contribution in [3.05, 3.63) is 18.0 Å². The molecule has 0 bridgehead atoms. The van der Waals surface area contributed by atoms with Crippen LogP contribution in [0.25, 0.3) is 5.65 Å². The molecule has 2 aromatic heterocycles. The van der Waals surface area contributed by atoms with E-state index in [0.29, 0.717) is 12.0 Å². The molecule has 1 aliphatic heterocycles. The van der Waals surface area contributed by atoms with Crippen LogP contribution in [-0.2, 0) is 0 Å². The highest BCUT2D eigenvalue weighted by Gasteiger charge is 2.30. The van der Waals surface area contributed by atoms with Crippen LogP contribution in [0.1, 0.15) is 63.1 Å². The van der Waals surface area contributed by atoms with Crippen LogP contribution in [0, 0.1) is 0 Å². The largest absolute Gasteiger partial charge is 0.353 e. The minimum absolute atomic E-state index is 0.0213. The average molecular weight is 369 g/mol. The number of nitrogens with zero attached hydrogens (tertiary/aromatic N) is 5. The van der Waals surface area contributed by atoms with Crippen LogP contribution in [0.15, 0.2) is 12.1 Å². The van der Waals surface area contributed by atoms with Gasteiger partial charge in [-0.15, -0.1) is 15.3 Å². The van der Waals surface area contributed by atoms with E-state index in [1.54, 1.807) is 0 Å². The number of nitrogens with one attached hydrogen (secondary N) is 2. The van der Waals surface area contributed by atoms with Crippen molar-refractivity contribution in [2.24, 2.45) is 0 Å². The van der Waals surface area contributed by atoms with E-state index in [2.05, 4.69) is 25.7 Å². The van der Waals surface area contributed by atoms with Gasteiger partial charge in [-0.3, -0.25) is 0 Å². The summed E-state index contributed by atoms with van der Waals surface area (Å²) in [6, 6.07) is 4.49. The molecule has 0 radical (unpaired) electrons. The highest BCUT2D eigenvalue weighted by Crippen LogP contribution is 2.38. The maximum atomic E-state index is 12.3. The van der Waals surface area contributed by atoms with E-state index in [-0.39, 0.29) is 12.1 Å². The third-order valence-electron chi connectivity index (χ3n) is 5.99. The van der Waals surface area contributed by atoms with Crippen LogP contribution in [-0.4, -0.2) is 51.0 Å². The number of amides is 2. The van der Waals surface area contributed by atoms with Gasteiger partial charge in [0, 0.05) is 31.1 Å². The molecule has 3 heterocycles. The molecule has 2 N–H and O–H groups in total. The van der Waals surface area contributed by atoms with Crippen molar-refractivity contribution in [3.8, 4) is 0 Å². The van der Waals surface area contributed by atoms with E-state index < -0.39 is 0 Å². The summed E-state index contributed by atoms with van der Waals surface area (Å²) in [5, 5.41) is 19.6. The van der Waals surface area contributed by atoms with Crippen LogP contribution < -0.4 is 15.5 Å². The summed E-state index contributed by atoms with van der Waals surface area (Å²) in [7, 11) is 0. The quantitative estimate of drug-likeness (QED) is 0.863. The van der Waals surface area contributed by atoms with Crippen LogP contribution >= 0.6 is 0 Å². The normalized spacial score (nSPS) is 23.7. The molecule has 144 valence electrons. The second-order valence-electron chi connectivity index (χ2n) is 8.18. The Balaban J connectivity index is 1.25. The first-order chi connectivity index (χ1) is 13.3. The van der Waals surface area contributed by atoms with Gasteiger partial charge in [-0.05, 0) is 50.7 Å². The molecule has 2 aliphatic carbocycles. The number of carbonyl (C=O) groups excluding carboxylic acids is 1. The molecule has 2 saturated carbocycles. The van der Waals surface area contributed by atoms with Gasteiger partial charge in [-0.2, -0.15) is 4.52 Å². The standard InChI is InChI=1S/C19H27N7O/c27-19(20-14-4-1-2-5-14)21-15-6-3-11-25(12-15)17-10-9-16-22-23-18(13-7-8-13)26(16)24-17/h9-10,13-15H,1-8,11-12H2,(H2,20,21,27). The molecular weight excluding hydrogens is 342 g/mol. The molecule has 3 aliphatic rings. The molecule has 0 spiro atoms. The SMILES string of the molecule is O=C(NC1CCCC1)NC1CCCN(c2ccc3nnc(C4CC4)n3n2)C1. The number of rotatable bonds is 4. The van der Waals surface area contributed by atoms with Crippen molar-refractivity contribution in [2.75, 3.05) is 18.0 Å². The van der Waals surface area contributed by atoms with Gasteiger partial charge in [0.05, 0.1) is 0 Å². The average Bonchev–Trinajstić information content (AvgIpc) is 3.22. The Labute approximate surface area is 158 Å². The van der Waals surface area contributed by atoms with Gasteiger partial charge in [-0.1, -0.05) is 12.8 Å². The van der Waals surface area contributed by atoms with Crippen molar-refractivity contribution in [2.45, 2.75) is 69.4 Å². The number of anilines is 1. The second-order valence-corrected chi connectivity index (χ2v) is 8.18. The third-order valence-corrected chi connectivity index (χ3v) is 5.99. The van der Waals surface area contributed by atoms with Crippen molar-refractivity contribution >= 4 is 17.5 Å². The minimum atomic E-state index is -0.0213. The van der Waals surface area contributed by atoms with Crippen LogP contribution in [0.2, 0.25) is 0 Å². The summed E-state index contributed by atoms with van der Waals surface area (Å²) < 4.78 is 1.90. The minimum Gasteiger partial charge on any atom is -0.353 e. The fraction of sp³-hybridized carbons (Fsp3) is 0.684. The predicted octanol–water partition coefficient (Wildman–Crippen LogP) is 2.21. The number of hydrogen-bond donors (Lipinski definition) is 2. The topological polar surface area (TPSA) is 87.5 Å². The Kier molecular flexibility index (Phi) is 4.33. The highest BCUT2D eigenvalue weighted by atomic mass is 16.2. The Morgan fingerprint density at radius 3 is 2.56 bits per heavy atom. The van der Waals surface area contributed by atoms with Crippen molar-refractivity contribution < 1.29 is 4.79 Å². The van der Waals surface area contributed by atoms with Crippen molar-refractivity contribution in [1.29, 1.82) is 0 Å².